The maximum atomic E-state index is 13.2. The Labute approximate surface area is 94.7 Å². The molecule has 1 heterocycles. The number of rotatable bonds is 3. The summed E-state index contributed by atoms with van der Waals surface area (Å²) in [4.78, 5) is 2.32. The molecule has 86 valence electrons. The van der Waals surface area contributed by atoms with Crippen LogP contribution in [0.2, 0.25) is 0 Å². The first-order valence-corrected chi connectivity index (χ1v) is 5.53. The zero-order chi connectivity index (χ0) is 11.4. The van der Waals surface area contributed by atoms with Crippen molar-refractivity contribution in [3.05, 3.63) is 35.1 Å². The quantitative estimate of drug-likeness (QED) is 0.479. The van der Waals surface area contributed by atoms with E-state index in [0.29, 0.717) is 0 Å². The first-order valence-electron chi connectivity index (χ1n) is 5.53. The summed E-state index contributed by atoms with van der Waals surface area (Å²) in [5.74, 6) is 4.93. The van der Waals surface area contributed by atoms with Crippen LogP contribution in [-0.4, -0.2) is 24.2 Å². The number of nitrogens with zero attached hydrogens (tertiary/aromatic N) is 2. The summed E-state index contributed by atoms with van der Waals surface area (Å²) in [6.07, 6.45) is 4.04. The lowest BCUT2D eigenvalue weighted by atomic mass is 10.1. The lowest BCUT2D eigenvalue weighted by Gasteiger charge is -2.16. The van der Waals surface area contributed by atoms with Crippen LogP contribution in [-0.2, 0) is 6.54 Å². The molecule has 0 unspecified atom stereocenters. The van der Waals surface area contributed by atoms with E-state index >= 15 is 0 Å². The van der Waals surface area contributed by atoms with Crippen molar-refractivity contribution in [2.24, 2.45) is 10.9 Å². The third-order valence-corrected chi connectivity index (χ3v) is 2.91. The molecule has 1 aromatic rings. The van der Waals surface area contributed by atoms with E-state index in [-0.39, 0.29) is 5.82 Å². The highest BCUT2D eigenvalue weighted by Gasteiger charge is 2.13. The standard InChI is InChI=1S/C12H16FN3/c13-12-4-3-10(8-15-14)11(7-12)9-16-5-1-2-6-16/h3-4,7-8H,1-2,5-6,9,14H2. The van der Waals surface area contributed by atoms with Crippen LogP contribution in [0.15, 0.2) is 23.3 Å². The van der Waals surface area contributed by atoms with Crippen LogP contribution in [0.25, 0.3) is 0 Å². The number of nitrogens with two attached hydrogens (primary N) is 1. The smallest absolute Gasteiger partial charge is 0.123 e. The summed E-state index contributed by atoms with van der Waals surface area (Å²) in [6, 6.07) is 4.72. The number of halogens is 1. The second-order valence-corrected chi connectivity index (χ2v) is 4.10. The summed E-state index contributed by atoms with van der Waals surface area (Å²) in [7, 11) is 0. The minimum atomic E-state index is -0.205. The SMILES string of the molecule is NN=Cc1ccc(F)cc1CN1CCCC1. The van der Waals surface area contributed by atoms with Gasteiger partial charge in [0.2, 0.25) is 0 Å². The fraction of sp³-hybridized carbons (Fsp3) is 0.417. The first kappa shape index (κ1) is 11.1. The topological polar surface area (TPSA) is 41.6 Å². The predicted molar refractivity (Wildman–Crippen MR) is 62.7 cm³/mol. The third-order valence-electron chi connectivity index (χ3n) is 2.91. The second kappa shape index (κ2) is 5.07. The van der Waals surface area contributed by atoms with Gasteiger partial charge in [-0.25, -0.2) is 4.39 Å². The van der Waals surface area contributed by atoms with Crippen molar-refractivity contribution in [2.45, 2.75) is 19.4 Å². The largest absolute Gasteiger partial charge is 0.323 e. The minimum absolute atomic E-state index is 0.205. The monoisotopic (exact) mass is 221 g/mol. The van der Waals surface area contributed by atoms with Gasteiger partial charge < -0.3 is 5.84 Å². The van der Waals surface area contributed by atoms with Crippen molar-refractivity contribution >= 4 is 6.21 Å². The molecule has 0 aromatic heterocycles. The number of hydrogen-bond donors (Lipinski definition) is 1. The fourth-order valence-electron chi connectivity index (χ4n) is 2.10. The van der Waals surface area contributed by atoms with E-state index in [1.54, 1.807) is 18.3 Å². The highest BCUT2D eigenvalue weighted by molar-refractivity contribution is 5.81. The van der Waals surface area contributed by atoms with E-state index in [0.717, 1.165) is 30.8 Å². The maximum absolute atomic E-state index is 13.2. The van der Waals surface area contributed by atoms with Crippen molar-refractivity contribution in [3.8, 4) is 0 Å². The molecule has 1 aliphatic rings. The van der Waals surface area contributed by atoms with Gasteiger partial charge in [0.1, 0.15) is 5.82 Å². The summed E-state index contributed by atoms with van der Waals surface area (Å²) in [6.45, 7) is 2.96. The molecule has 0 bridgehead atoms. The third kappa shape index (κ3) is 2.58. The van der Waals surface area contributed by atoms with Gasteiger partial charge in [-0.05, 0) is 49.2 Å². The molecule has 4 heteroatoms. The van der Waals surface area contributed by atoms with Gasteiger partial charge in [0.15, 0.2) is 0 Å². The van der Waals surface area contributed by atoms with Gasteiger partial charge in [-0.15, -0.1) is 0 Å². The van der Waals surface area contributed by atoms with Crippen LogP contribution in [0.4, 0.5) is 4.39 Å². The molecule has 1 fully saturated rings. The molecular formula is C12H16FN3. The molecular weight excluding hydrogens is 205 g/mol. The van der Waals surface area contributed by atoms with Crippen molar-refractivity contribution in [1.29, 1.82) is 0 Å². The number of hydrogen-bond acceptors (Lipinski definition) is 3. The highest BCUT2D eigenvalue weighted by Crippen LogP contribution is 2.16. The zero-order valence-electron chi connectivity index (χ0n) is 9.19. The van der Waals surface area contributed by atoms with Crippen LogP contribution in [0.1, 0.15) is 24.0 Å². The molecule has 0 amide bonds. The minimum Gasteiger partial charge on any atom is -0.323 e. The van der Waals surface area contributed by atoms with E-state index in [9.17, 15) is 4.39 Å². The molecule has 0 saturated carbocycles. The van der Waals surface area contributed by atoms with Gasteiger partial charge in [0, 0.05) is 6.54 Å². The summed E-state index contributed by atoms with van der Waals surface area (Å²) in [5, 5.41) is 3.50. The van der Waals surface area contributed by atoms with Crippen LogP contribution in [0.3, 0.4) is 0 Å². The van der Waals surface area contributed by atoms with Crippen molar-refractivity contribution in [1.82, 2.24) is 4.90 Å². The zero-order valence-corrected chi connectivity index (χ0v) is 9.19. The van der Waals surface area contributed by atoms with Crippen LogP contribution >= 0.6 is 0 Å². The molecule has 0 aliphatic carbocycles. The summed E-state index contributed by atoms with van der Waals surface area (Å²) >= 11 is 0. The normalized spacial score (nSPS) is 17.3. The molecule has 1 saturated heterocycles. The van der Waals surface area contributed by atoms with Crippen LogP contribution in [0, 0.1) is 5.82 Å². The highest BCUT2D eigenvalue weighted by atomic mass is 19.1. The lowest BCUT2D eigenvalue weighted by molar-refractivity contribution is 0.330. The fourth-order valence-corrected chi connectivity index (χ4v) is 2.10. The van der Waals surface area contributed by atoms with Crippen molar-refractivity contribution in [3.63, 3.8) is 0 Å². The molecule has 1 aromatic carbocycles. The Bertz CT molecular complexity index is 384. The number of hydrazone groups is 1. The molecule has 3 nitrogen and oxygen atoms in total. The predicted octanol–water partition coefficient (Wildman–Crippen LogP) is 1.71. The Balaban J connectivity index is 2.19. The van der Waals surface area contributed by atoms with Crippen LogP contribution in [0.5, 0.6) is 0 Å². The average Bonchev–Trinajstić information content (AvgIpc) is 2.75. The lowest BCUT2D eigenvalue weighted by Crippen LogP contribution is -2.19. The molecule has 0 spiro atoms. The first-order chi connectivity index (χ1) is 7.79. The van der Waals surface area contributed by atoms with Gasteiger partial charge in [0.25, 0.3) is 0 Å². The molecule has 0 radical (unpaired) electrons. The Morgan fingerprint density at radius 1 is 1.38 bits per heavy atom. The molecule has 2 N–H and O–H groups in total. The van der Waals surface area contributed by atoms with E-state index in [1.165, 1.54) is 18.9 Å². The number of benzene rings is 1. The van der Waals surface area contributed by atoms with E-state index < -0.39 is 0 Å². The van der Waals surface area contributed by atoms with Gasteiger partial charge in [0.05, 0.1) is 6.21 Å². The van der Waals surface area contributed by atoms with E-state index in [1.807, 2.05) is 0 Å². The molecule has 0 atom stereocenters. The Kier molecular flexibility index (Phi) is 3.51. The van der Waals surface area contributed by atoms with Crippen molar-refractivity contribution in [2.75, 3.05) is 13.1 Å². The molecule has 16 heavy (non-hydrogen) atoms. The van der Waals surface area contributed by atoms with Gasteiger partial charge in [-0.1, -0.05) is 6.07 Å². The maximum Gasteiger partial charge on any atom is 0.123 e. The number of likely N-dealkylation sites (tertiary alicyclic amines) is 1. The van der Waals surface area contributed by atoms with Gasteiger partial charge in [-0.3, -0.25) is 4.90 Å². The van der Waals surface area contributed by atoms with Crippen LogP contribution < -0.4 is 5.84 Å². The molecule has 1 aliphatic heterocycles. The summed E-state index contributed by atoms with van der Waals surface area (Å²) in [5.41, 5.74) is 1.85. The van der Waals surface area contributed by atoms with Crippen molar-refractivity contribution < 1.29 is 4.39 Å². The van der Waals surface area contributed by atoms with Gasteiger partial charge >= 0.3 is 0 Å². The Morgan fingerprint density at radius 2 is 2.12 bits per heavy atom. The second-order valence-electron chi connectivity index (χ2n) is 4.10. The Morgan fingerprint density at radius 3 is 2.81 bits per heavy atom. The molecule has 2 rings (SSSR count). The summed E-state index contributed by atoms with van der Waals surface area (Å²) < 4.78 is 13.2. The Hall–Kier alpha value is -1.42. The van der Waals surface area contributed by atoms with E-state index in [2.05, 4.69) is 10.0 Å². The van der Waals surface area contributed by atoms with Gasteiger partial charge in [-0.2, -0.15) is 5.10 Å². The van der Waals surface area contributed by atoms with E-state index in [4.69, 9.17) is 5.84 Å². The average molecular weight is 221 g/mol.